The monoisotopic (exact) mass is 237 g/mol. The molecule has 0 heterocycles. The molecule has 0 amide bonds. The van der Waals surface area contributed by atoms with Crippen molar-refractivity contribution < 1.29 is 5.11 Å². The van der Waals surface area contributed by atoms with Gasteiger partial charge in [-0.05, 0) is 81.5 Å². The first-order valence-corrected chi connectivity index (χ1v) is 7.40. The molecule has 0 spiro atoms. The Bertz CT molecular complexity index is 262. The van der Waals surface area contributed by atoms with E-state index in [1.165, 1.54) is 44.9 Å². The Labute approximate surface area is 105 Å². The van der Waals surface area contributed by atoms with Gasteiger partial charge in [0.2, 0.25) is 0 Å². The average Bonchev–Trinajstić information content (AvgIpc) is 2.25. The third-order valence-electron chi connectivity index (χ3n) is 5.75. The van der Waals surface area contributed by atoms with Gasteiger partial charge in [0.15, 0.2) is 0 Å². The number of hydrogen-bond donors (Lipinski definition) is 2. The van der Waals surface area contributed by atoms with Gasteiger partial charge < -0.3 is 10.8 Å². The molecule has 17 heavy (non-hydrogen) atoms. The Kier molecular flexibility index (Phi) is 2.79. The van der Waals surface area contributed by atoms with E-state index < -0.39 is 0 Å². The summed E-state index contributed by atoms with van der Waals surface area (Å²) in [7, 11) is 0. The Morgan fingerprint density at radius 2 is 1.59 bits per heavy atom. The largest absolute Gasteiger partial charge is 0.394 e. The minimum Gasteiger partial charge on any atom is -0.394 e. The van der Waals surface area contributed by atoms with Crippen molar-refractivity contribution in [1.82, 2.24) is 0 Å². The second-order valence-electron chi connectivity index (χ2n) is 7.73. The van der Waals surface area contributed by atoms with E-state index in [0.29, 0.717) is 5.41 Å². The molecule has 0 aliphatic heterocycles. The van der Waals surface area contributed by atoms with Crippen molar-refractivity contribution in [1.29, 1.82) is 0 Å². The van der Waals surface area contributed by atoms with Crippen molar-refractivity contribution in [2.24, 2.45) is 28.9 Å². The molecule has 4 saturated carbocycles. The maximum absolute atomic E-state index is 9.28. The van der Waals surface area contributed by atoms with Gasteiger partial charge in [0.1, 0.15) is 0 Å². The average molecular weight is 237 g/mol. The van der Waals surface area contributed by atoms with E-state index >= 15 is 0 Å². The zero-order valence-corrected chi connectivity index (χ0v) is 11.1. The normalized spacial score (nSPS) is 47.1. The number of nitrogens with two attached hydrogens (primary N) is 1. The minimum absolute atomic E-state index is 0.124. The lowest BCUT2D eigenvalue weighted by molar-refractivity contribution is -0.0613. The van der Waals surface area contributed by atoms with E-state index in [0.717, 1.165) is 24.2 Å². The lowest BCUT2D eigenvalue weighted by Gasteiger charge is -2.57. The van der Waals surface area contributed by atoms with Crippen molar-refractivity contribution in [2.45, 2.75) is 63.8 Å². The number of rotatable bonds is 4. The van der Waals surface area contributed by atoms with Crippen LogP contribution in [0.4, 0.5) is 0 Å². The molecule has 4 bridgehead atoms. The SMILES string of the molecule is CC(N)(CO)CCC12CC3CC(CC(C3)C1)C2. The van der Waals surface area contributed by atoms with Crippen LogP contribution in [0.25, 0.3) is 0 Å². The molecule has 4 aliphatic carbocycles. The molecule has 2 nitrogen and oxygen atoms in total. The molecule has 3 N–H and O–H groups in total. The lowest BCUT2D eigenvalue weighted by Crippen LogP contribution is -2.48. The van der Waals surface area contributed by atoms with Crippen molar-refractivity contribution in [3.05, 3.63) is 0 Å². The zero-order chi connectivity index (χ0) is 12.1. The van der Waals surface area contributed by atoms with Crippen LogP contribution in [-0.2, 0) is 0 Å². The summed E-state index contributed by atoms with van der Waals surface area (Å²) in [5.74, 6) is 3.08. The fraction of sp³-hybridized carbons (Fsp3) is 1.00. The van der Waals surface area contributed by atoms with E-state index in [1.807, 2.05) is 6.92 Å². The molecule has 1 unspecified atom stereocenters. The summed E-state index contributed by atoms with van der Waals surface area (Å²) in [5.41, 5.74) is 6.35. The van der Waals surface area contributed by atoms with Crippen LogP contribution >= 0.6 is 0 Å². The standard InChI is InChI=1S/C15H27NO/c1-14(16,10-17)2-3-15-7-11-4-12(8-15)6-13(5-11)9-15/h11-13,17H,2-10,16H2,1H3. The van der Waals surface area contributed by atoms with Gasteiger partial charge in [0.05, 0.1) is 6.61 Å². The predicted octanol–water partition coefficient (Wildman–Crippen LogP) is 2.69. The molecule has 0 aromatic heterocycles. The molecule has 0 aromatic rings. The summed E-state index contributed by atoms with van der Waals surface area (Å²) in [6, 6.07) is 0. The van der Waals surface area contributed by atoms with Crippen LogP contribution in [0.15, 0.2) is 0 Å². The third-order valence-corrected chi connectivity index (χ3v) is 5.75. The van der Waals surface area contributed by atoms with Crippen molar-refractivity contribution in [3.8, 4) is 0 Å². The fourth-order valence-electron chi connectivity index (χ4n) is 5.23. The first-order valence-electron chi connectivity index (χ1n) is 7.40. The quantitative estimate of drug-likeness (QED) is 0.789. The summed E-state index contributed by atoms with van der Waals surface area (Å²) in [6.07, 6.45) is 11.2. The van der Waals surface area contributed by atoms with Gasteiger partial charge >= 0.3 is 0 Å². The maximum atomic E-state index is 9.28. The summed E-state index contributed by atoms with van der Waals surface area (Å²) in [5, 5.41) is 9.28. The maximum Gasteiger partial charge on any atom is 0.0608 e. The molecule has 1 atom stereocenters. The van der Waals surface area contributed by atoms with Gasteiger partial charge in [-0.3, -0.25) is 0 Å². The molecule has 4 fully saturated rings. The highest BCUT2D eigenvalue weighted by atomic mass is 16.3. The van der Waals surface area contributed by atoms with E-state index in [9.17, 15) is 5.11 Å². The number of aliphatic hydroxyl groups is 1. The molecular formula is C15H27NO. The van der Waals surface area contributed by atoms with E-state index in [2.05, 4.69) is 0 Å². The smallest absolute Gasteiger partial charge is 0.0608 e. The van der Waals surface area contributed by atoms with Crippen LogP contribution in [0.3, 0.4) is 0 Å². The molecule has 0 aromatic carbocycles. The van der Waals surface area contributed by atoms with Crippen LogP contribution in [0.5, 0.6) is 0 Å². The van der Waals surface area contributed by atoms with Gasteiger partial charge in [0.25, 0.3) is 0 Å². The van der Waals surface area contributed by atoms with Crippen molar-refractivity contribution >= 4 is 0 Å². The second-order valence-corrected chi connectivity index (χ2v) is 7.73. The Morgan fingerprint density at radius 1 is 1.12 bits per heavy atom. The summed E-state index contributed by atoms with van der Waals surface area (Å²) < 4.78 is 0. The van der Waals surface area contributed by atoms with E-state index in [-0.39, 0.29) is 12.1 Å². The first kappa shape index (κ1) is 12.0. The summed E-state index contributed by atoms with van der Waals surface area (Å²) >= 11 is 0. The highest BCUT2D eigenvalue weighted by Gasteiger charge is 2.50. The highest BCUT2D eigenvalue weighted by molar-refractivity contribution is 5.02. The zero-order valence-electron chi connectivity index (χ0n) is 11.1. The molecule has 4 rings (SSSR count). The Balaban J connectivity index is 1.66. The van der Waals surface area contributed by atoms with Gasteiger partial charge in [-0.15, -0.1) is 0 Å². The second kappa shape index (κ2) is 3.96. The fourth-order valence-corrected chi connectivity index (χ4v) is 5.23. The Morgan fingerprint density at radius 3 is 2.00 bits per heavy atom. The van der Waals surface area contributed by atoms with Crippen molar-refractivity contribution in [2.75, 3.05) is 6.61 Å². The number of hydrogen-bond acceptors (Lipinski definition) is 2. The van der Waals surface area contributed by atoms with E-state index in [1.54, 1.807) is 0 Å². The van der Waals surface area contributed by atoms with Crippen LogP contribution in [0.2, 0.25) is 0 Å². The summed E-state index contributed by atoms with van der Waals surface area (Å²) in [6.45, 7) is 2.12. The molecule has 0 saturated heterocycles. The van der Waals surface area contributed by atoms with Gasteiger partial charge in [-0.1, -0.05) is 0 Å². The molecule has 98 valence electrons. The van der Waals surface area contributed by atoms with Crippen LogP contribution in [-0.4, -0.2) is 17.3 Å². The van der Waals surface area contributed by atoms with Crippen LogP contribution < -0.4 is 5.73 Å². The first-order chi connectivity index (χ1) is 8.00. The van der Waals surface area contributed by atoms with Gasteiger partial charge in [-0.2, -0.15) is 0 Å². The third kappa shape index (κ3) is 2.26. The molecular weight excluding hydrogens is 210 g/mol. The predicted molar refractivity (Wildman–Crippen MR) is 69.5 cm³/mol. The van der Waals surface area contributed by atoms with Gasteiger partial charge in [0, 0.05) is 5.54 Å². The summed E-state index contributed by atoms with van der Waals surface area (Å²) in [4.78, 5) is 0. The molecule has 2 heteroatoms. The minimum atomic E-state index is -0.358. The lowest BCUT2D eigenvalue weighted by atomic mass is 9.48. The van der Waals surface area contributed by atoms with Crippen molar-refractivity contribution in [3.63, 3.8) is 0 Å². The molecule has 0 radical (unpaired) electrons. The topological polar surface area (TPSA) is 46.2 Å². The highest BCUT2D eigenvalue weighted by Crippen LogP contribution is 2.61. The van der Waals surface area contributed by atoms with E-state index in [4.69, 9.17) is 5.73 Å². The van der Waals surface area contributed by atoms with Crippen LogP contribution in [0, 0.1) is 23.2 Å². The Hall–Kier alpha value is -0.0800. The van der Waals surface area contributed by atoms with Gasteiger partial charge in [-0.25, -0.2) is 0 Å². The van der Waals surface area contributed by atoms with Crippen LogP contribution in [0.1, 0.15) is 58.3 Å². The number of aliphatic hydroxyl groups excluding tert-OH is 1. The molecule has 4 aliphatic rings.